The number of benzene rings is 10. The molecule has 1 spiro atoms. The van der Waals surface area contributed by atoms with Crippen LogP contribution in [0.4, 0.5) is 22.7 Å². The van der Waals surface area contributed by atoms with Crippen molar-refractivity contribution >= 4 is 22.7 Å². The van der Waals surface area contributed by atoms with Gasteiger partial charge in [-0.2, -0.15) is 0 Å². The van der Waals surface area contributed by atoms with Crippen LogP contribution in [0, 0.1) is 0 Å². The molecule has 0 amide bonds. The molecule has 10 aromatic rings. The number of nitrogens with one attached hydrogen (secondary N) is 2. The van der Waals surface area contributed by atoms with Gasteiger partial charge in [0, 0.05) is 44.7 Å². The van der Waals surface area contributed by atoms with Crippen molar-refractivity contribution in [1.29, 1.82) is 0 Å². The largest absolute Gasteiger partial charge is 0.355 e. The Balaban J connectivity index is 0.908. The number of anilines is 4. The molecule has 0 bridgehead atoms. The molecule has 0 saturated carbocycles. The molecule has 328 valence electrons. The van der Waals surface area contributed by atoms with Crippen LogP contribution in [0.2, 0.25) is 0 Å². The summed E-state index contributed by atoms with van der Waals surface area (Å²) in [5.74, 6) is 0. The van der Waals surface area contributed by atoms with Gasteiger partial charge in [0.05, 0.1) is 5.41 Å². The van der Waals surface area contributed by atoms with Crippen molar-refractivity contribution in [2.45, 2.75) is 43.9 Å². The number of rotatable bonds is 6. The predicted octanol–water partition coefficient (Wildman–Crippen LogP) is 17.5. The Labute approximate surface area is 405 Å². The van der Waals surface area contributed by atoms with Crippen molar-refractivity contribution in [2.75, 3.05) is 10.6 Å². The third-order valence-electron chi connectivity index (χ3n) is 16.3. The van der Waals surface area contributed by atoms with E-state index in [9.17, 15) is 0 Å². The highest BCUT2D eigenvalue weighted by Crippen LogP contribution is 2.64. The van der Waals surface area contributed by atoms with E-state index in [0.717, 1.165) is 22.7 Å². The maximum absolute atomic E-state index is 3.96. The molecule has 0 atom stereocenters. The average Bonchev–Trinajstić information content (AvgIpc) is 4.02. The second kappa shape index (κ2) is 14.4. The van der Waals surface area contributed by atoms with E-state index in [1.165, 1.54) is 111 Å². The lowest BCUT2D eigenvalue weighted by Crippen LogP contribution is -2.26. The predicted molar refractivity (Wildman–Crippen MR) is 288 cm³/mol. The van der Waals surface area contributed by atoms with E-state index in [4.69, 9.17) is 0 Å². The van der Waals surface area contributed by atoms with Crippen LogP contribution in [0.5, 0.6) is 0 Å². The normalized spacial score (nSPS) is 15.0. The molecule has 0 saturated heterocycles. The van der Waals surface area contributed by atoms with Crippen molar-refractivity contribution in [3.8, 4) is 66.8 Å². The van der Waals surface area contributed by atoms with Crippen LogP contribution in [0.1, 0.15) is 72.2 Å². The topological polar surface area (TPSA) is 24.1 Å². The van der Waals surface area contributed by atoms with Crippen LogP contribution in [0.25, 0.3) is 66.8 Å². The summed E-state index contributed by atoms with van der Waals surface area (Å²) in [7, 11) is 0. The SMILES string of the molecule is CC1(C)c2ccccc2-c2ccc(Nc3cccc4c3-c3cccc(-c5ccc6c(c5)C5(c7ccccc7-c7ccccc75)c5cc(Nc7ccccc7-c7ccccc7)ccc5-6)c3C4(C)C)cc21. The van der Waals surface area contributed by atoms with Crippen LogP contribution in [-0.4, -0.2) is 0 Å². The minimum atomic E-state index is -0.510. The number of fused-ring (bicyclic) bond motifs is 16. The Bertz CT molecular complexity index is 3750. The molecular weight excluding hydrogens is 833 g/mol. The highest BCUT2D eigenvalue weighted by molar-refractivity contribution is 5.99. The van der Waals surface area contributed by atoms with Gasteiger partial charge in [0.2, 0.25) is 0 Å². The summed E-state index contributed by atoms with van der Waals surface area (Å²) in [6.45, 7) is 9.54. The van der Waals surface area contributed by atoms with Crippen LogP contribution >= 0.6 is 0 Å². The average molecular weight is 883 g/mol. The van der Waals surface area contributed by atoms with Crippen molar-refractivity contribution in [2.24, 2.45) is 0 Å². The van der Waals surface area contributed by atoms with E-state index >= 15 is 0 Å². The minimum Gasteiger partial charge on any atom is -0.355 e. The summed E-state index contributed by atoms with van der Waals surface area (Å²) in [5, 5.41) is 7.86. The Morgan fingerprint density at radius 2 is 0.739 bits per heavy atom. The molecule has 2 heteroatoms. The van der Waals surface area contributed by atoms with Crippen molar-refractivity contribution in [3.05, 3.63) is 263 Å². The second-order valence-electron chi connectivity index (χ2n) is 20.5. The fraction of sp³-hybridized carbons (Fsp3) is 0.104. The Morgan fingerprint density at radius 1 is 0.275 bits per heavy atom. The molecule has 0 unspecified atom stereocenters. The summed E-state index contributed by atoms with van der Waals surface area (Å²) in [5.41, 5.74) is 29.8. The van der Waals surface area contributed by atoms with Crippen molar-refractivity contribution < 1.29 is 0 Å². The number of hydrogen-bond donors (Lipinski definition) is 2. The van der Waals surface area contributed by atoms with Gasteiger partial charge in [0.1, 0.15) is 0 Å². The van der Waals surface area contributed by atoms with Gasteiger partial charge in [-0.3, -0.25) is 0 Å². The zero-order valence-corrected chi connectivity index (χ0v) is 39.3. The fourth-order valence-corrected chi connectivity index (χ4v) is 13.2. The van der Waals surface area contributed by atoms with Crippen molar-refractivity contribution in [3.63, 3.8) is 0 Å². The van der Waals surface area contributed by atoms with E-state index in [1.807, 2.05) is 0 Å². The van der Waals surface area contributed by atoms with Gasteiger partial charge in [-0.05, 0) is 143 Å². The quantitative estimate of drug-likeness (QED) is 0.174. The summed E-state index contributed by atoms with van der Waals surface area (Å²) >= 11 is 0. The molecule has 4 aliphatic carbocycles. The lowest BCUT2D eigenvalue weighted by Gasteiger charge is -2.31. The molecule has 10 aromatic carbocycles. The summed E-state index contributed by atoms with van der Waals surface area (Å²) in [6, 6.07) is 81.6. The molecule has 69 heavy (non-hydrogen) atoms. The van der Waals surface area contributed by atoms with Gasteiger partial charge in [-0.25, -0.2) is 0 Å². The van der Waals surface area contributed by atoms with Gasteiger partial charge in [-0.15, -0.1) is 0 Å². The zero-order chi connectivity index (χ0) is 46.2. The van der Waals surface area contributed by atoms with E-state index in [-0.39, 0.29) is 10.8 Å². The molecule has 0 heterocycles. The van der Waals surface area contributed by atoms with Gasteiger partial charge in [0.15, 0.2) is 0 Å². The third kappa shape index (κ3) is 5.49. The molecule has 0 radical (unpaired) electrons. The van der Waals surface area contributed by atoms with E-state index in [0.29, 0.717) is 0 Å². The Hall–Kier alpha value is -8.20. The van der Waals surface area contributed by atoms with Gasteiger partial charge >= 0.3 is 0 Å². The third-order valence-corrected chi connectivity index (χ3v) is 16.3. The van der Waals surface area contributed by atoms with E-state index < -0.39 is 5.41 Å². The number of para-hydroxylation sites is 1. The highest BCUT2D eigenvalue weighted by Gasteiger charge is 2.52. The molecule has 2 nitrogen and oxygen atoms in total. The second-order valence-corrected chi connectivity index (χ2v) is 20.5. The Kier molecular flexibility index (Phi) is 8.33. The molecule has 14 rings (SSSR count). The fourth-order valence-electron chi connectivity index (χ4n) is 13.2. The van der Waals surface area contributed by atoms with Gasteiger partial charge in [-0.1, -0.05) is 204 Å². The first-order valence-electron chi connectivity index (χ1n) is 24.4. The first-order chi connectivity index (χ1) is 33.7. The van der Waals surface area contributed by atoms with E-state index in [2.05, 4.69) is 257 Å². The molecule has 2 N–H and O–H groups in total. The van der Waals surface area contributed by atoms with Crippen LogP contribution in [0.15, 0.2) is 218 Å². The first-order valence-corrected chi connectivity index (χ1v) is 24.4. The maximum atomic E-state index is 3.96. The molecule has 0 fully saturated rings. The molecular formula is C67H50N2. The van der Waals surface area contributed by atoms with Crippen LogP contribution in [0.3, 0.4) is 0 Å². The summed E-state index contributed by atoms with van der Waals surface area (Å²) in [4.78, 5) is 0. The zero-order valence-electron chi connectivity index (χ0n) is 39.3. The van der Waals surface area contributed by atoms with E-state index in [1.54, 1.807) is 0 Å². The lowest BCUT2D eigenvalue weighted by atomic mass is 9.70. The van der Waals surface area contributed by atoms with Crippen molar-refractivity contribution in [1.82, 2.24) is 0 Å². The summed E-state index contributed by atoms with van der Waals surface area (Å²) < 4.78 is 0. The highest BCUT2D eigenvalue weighted by atomic mass is 14.9. The molecule has 4 aliphatic rings. The van der Waals surface area contributed by atoms with Crippen LogP contribution < -0.4 is 10.6 Å². The smallest absolute Gasteiger partial charge is 0.0726 e. The number of hydrogen-bond acceptors (Lipinski definition) is 2. The Morgan fingerprint density at radius 3 is 1.45 bits per heavy atom. The monoisotopic (exact) mass is 882 g/mol. The first kappa shape index (κ1) is 39.9. The van der Waals surface area contributed by atoms with Gasteiger partial charge < -0.3 is 10.6 Å². The standard InChI is InChI=1S/C67H50N2/c1-65(2)54-26-12-8-21-47(54)50-36-33-43(39-58(50)65)69-62-31-17-29-57-63(62)53-25-16-24-46(64(53)66(57,3)4)42-32-35-51-52-37-34-44(68-61-30-15-11-20-45(61)41-18-6-5-7-19-41)40-60(52)67(59(51)38-42)55-27-13-9-22-48(55)49-23-10-14-28-56(49)67/h5-40,68-69H,1-4H3. The van der Waals surface area contributed by atoms with Gasteiger partial charge in [0.25, 0.3) is 0 Å². The molecule has 0 aromatic heterocycles. The summed E-state index contributed by atoms with van der Waals surface area (Å²) in [6.07, 6.45) is 0. The van der Waals surface area contributed by atoms with Crippen LogP contribution in [-0.2, 0) is 16.2 Å². The minimum absolute atomic E-state index is 0.0713. The maximum Gasteiger partial charge on any atom is 0.0726 e. The lowest BCUT2D eigenvalue weighted by molar-refractivity contribution is 0.660. The molecule has 0 aliphatic heterocycles.